The highest BCUT2D eigenvalue weighted by molar-refractivity contribution is 7.92. The maximum absolute atomic E-state index is 12.6. The van der Waals surface area contributed by atoms with Crippen molar-refractivity contribution in [2.75, 3.05) is 29.7 Å². The fourth-order valence-electron chi connectivity index (χ4n) is 3.19. The molecule has 2 amide bonds. The van der Waals surface area contributed by atoms with Gasteiger partial charge in [-0.2, -0.15) is 0 Å². The second-order valence-electron chi connectivity index (χ2n) is 6.92. The lowest BCUT2D eigenvalue weighted by Gasteiger charge is -2.20. The Balaban J connectivity index is 1.62. The summed E-state index contributed by atoms with van der Waals surface area (Å²) in [5.41, 5.74) is 1.02. The average Bonchev–Trinajstić information content (AvgIpc) is 3.00. The summed E-state index contributed by atoms with van der Waals surface area (Å²) in [4.78, 5) is 14.3. The Morgan fingerprint density at radius 1 is 0.931 bits per heavy atom. The number of hydrogen-bond donors (Lipinski definition) is 2. The molecule has 2 aromatic rings. The highest BCUT2D eigenvalue weighted by Gasteiger charge is 2.17. The second kappa shape index (κ2) is 9.65. The number of sulfonamides is 1. The van der Waals surface area contributed by atoms with Crippen molar-refractivity contribution in [3.8, 4) is 5.75 Å². The van der Waals surface area contributed by atoms with E-state index in [0.29, 0.717) is 23.7 Å². The lowest BCUT2D eigenvalue weighted by atomic mass is 10.2. The molecule has 0 aliphatic carbocycles. The van der Waals surface area contributed by atoms with Gasteiger partial charge in [0.05, 0.1) is 11.5 Å². The quantitative estimate of drug-likeness (QED) is 0.734. The van der Waals surface area contributed by atoms with Gasteiger partial charge in [0.2, 0.25) is 0 Å². The Kier molecular flexibility index (Phi) is 6.98. The predicted molar refractivity (Wildman–Crippen MR) is 114 cm³/mol. The Bertz CT molecular complexity index is 904. The molecule has 156 valence electrons. The maximum atomic E-state index is 12.6. The monoisotopic (exact) mass is 417 g/mol. The molecule has 1 aliphatic rings. The summed E-state index contributed by atoms with van der Waals surface area (Å²) in [6.07, 6.45) is 4.33. The van der Waals surface area contributed by atoms with E-state index in [1.165, 1.54) is 12.1 Å². The molecule has 1 saturated heterocycles. The van der Waals surface area contributed by atoms with Crippen LogP contribution >= 0.6 is 0 Å². The van der Waals surface area contributed by atoms with Crippen molar-refractivity contribution < 1.29 is 17.9 Å². The summed E-state index contributed by atoms with van der Waals surface area (Å²) in [5.74, 6) is 0.681. The number of carbonyl (C=O) groups excluding carboxylic acids is 1. The molecule has 29 heavy (non-hydrogen) atoms. The molecule has 0 unspecified atom stereocenters. The number of rotatable bonds is 6. The number of anilines is 2. The van der Waals surface area contributed by atoms with Crippen molar-refractivity contribution in [1.29, 1.82) is 0 Å². The Morgan fingerprint density at radius 3 is 2.10 bits per heavy atom. The van der Waals surface area contributed by atoms with Crippen LogP contribution < -0.4 is 14.8 Å². The Hall–Kier alpha value is -2.74. The van der Waals surface area contributed by atoms with Crippen LogP contribution in [0.3, 0.4) is 0 Å². The van der Waals surface area contributed by atoms with Crippen LogP contribution in [-0.2, 0) is 10.0 Å². The zero-order valence-corrected chi connectivity index (χ0v) is 17.4. The zero-order valence-electron chi connectivity index (χ0n) is 16.6. The number of likely N-dealkylation sites (tertiary alicyclic amines) is 1. The van der Waals surface area contributed by atoms with Crippen LogP contribution in [0, 0.1) is 0 Å². The summed E-state index contributed by atoms with van der Waals surface area (Å²) in [6.45, 7) is 3.94. The summed E-state index contributed by atoms with van der Waals surface area (Å²) >= 11 is 0. The molecule has 7 nitrogen and oxygen atoms in total. The second-order valence-corrected chi connectivity index (χ2v) is 8.60. The summed E-state index contributed by atoms with van der Waals surface area (Å²) in [6, 6.07) is 12.7. The minimum Gasteiger partial charge on any atom is -0.494 e. The molecular formula is C21H27N3O4S. The van der Waals surface area contributed by atoms with Gasteiger partial charge < -0.3 is 15.0 Å². The minimum absolute atomic E-state index is 0.124. The third-order valence-corrected chi connectivity index (χ3v) is 6.12. The van der Waals surface area contributed by atoms with Crippen molar-refractivity contribution >= 4 is 27.4 Å². The number of nitrogens with one attached hydrogen (secondary N) is 2. The summed E-state index contributed by atoms with van der Waals surface area (Å²) in [5, 5.41) is 2.84. The molecule has 8 heteroatoms. The van der Waals surface area contributed by atoms with Gasteiger partial charge in [-0.3, -0.25) is 4.72 Å². The van der Waals surface area contributed by atoms with E-state index in [0.717, 1.165) is 38.8 Å². The van der Waals surface area contributed by atoms with Crippen LogP contribution in [-0.4, -0.2) is 39.0 Å². The first kappa shape index (κ1) is 21.0. The van der Waals surface area contributed by atoms with Gasteiger partial charge in [-0.15, -0.1) is 0 Å². The molecule has 1 fully saturated rings. The van der Waals surface area contributed by atoms with Crippen LogP contribution in [0.4, 0.5) is 16.2 Å². The molecule has 0 radical (unpaired) electrons. The highest BCUT2D eigenvalue weighted by Crippen LogP contribution is 2.21. The lowest BCUT2D eigenvalue weighted by molar-refractivity contribution is 0.214. The minimum atomic E-state index is -3.72. The molecule has 0 saturated carbocycles. The Morgan fingerprint density at radius 2 is 1.52 bits per heavy atom. The number of carbonyl (C=O) groups is 1. The summed E-state index contributed by atoms with van der Waals surface area (Å²) in [7, 11) is -3.72. The van der Waals surface area contributed by atoms with E-state index >= 15 is 0 Å². The lowest BCUT2D eigenvalue weighted by Crippen LogP contribution is -2.35. The van der Waals surface area contributed by atoms with E-state index in [2.05, 4.69) is 10.0 Å². The van der Waals surface area contributed by atoms with E-state index in [4.69, 9.17) is 4.74 Å². The van der Waals surface area contributed by atoms with Crippen LogP contribution in [0.15, 0.2) is 53.4 Å². The van der Waals surface area contributed by atoms with Crippen LogP contribution in [0.5, 0.6) is 5.75 Å². The fourth-order valence-corrected chi connectivity index (χ4v) is 4.25. The van der Waals surface area contributed by atoms with Crippen molar-refractivity contribution in [3.63, 3.8) is 0 Å². The van der Waals surface area contributed by atoms with Crippen molar-refractivity contribution in [2.24, 2.45) is 0 Å². The molecule has 0 atom stereocenters. The smallest absolute Gasteiger partial charge is 0.321 e. The molecule has 1 aliphatic heterocycles. The van der Waals surface area contributed by atoms with E-state index in [-0.39, 0.29) is 10.9 Å². The first-order valence-electron chi connectivity index (χ1n) is 9.89. The van der Waals surface area contributed by atoms with Gasteiger partial charge in [0.25, 0.3) is 10.0 Å². The number of urea groups is 1. The standard InChI is InChI=1S/C21H27N3O4S/c1-2-28-19-11-7-18(8-12-19)23-29(26,27)20-13-9-17(10-14-20)22-21(25)24-15-5-3-4-6-16-24/h7-14,23H,2-6,15-16H2,1H3,(H,22,25). The van der Waals surface area contributed by atoms with Gasteiger partial charge in [-0.25, -0.2) is 13.2 Å². The predicted octanol–water partition coefficient (Wildman–Crippen LogP) is 4.29. The van der Waals surface area contributed by atoms with Gasteiger partial charge in [0.15, 0.2) is 0 Å². The molecular weight excluding hydrogens is 390 g/mol. The van der Waals surface area contributed by atoms with Gasteiger partial charge in [-0.05, 0) is 68.3 Å². The third kappa shape index (κ3) is 5.87. The van der Waals surface area contributed by atoms with Gasteiger partial charge in [0, 0.05) is 24.5 Å². The average molecular weight is 418 g/mol. The molecule has 0 aromatic heterocycles. The van der Waals surface area contributed by atoms with Crippen LogP contribution in [0.1, 0.15) is 32.6 Å². The van der Waals surface area contributed by atoms with Crippen LogP contribution in [0.2, 0.25) is 0 Å². The number of benzene rings is 2. The van der Waals surface area contributed by atoms with E-state index in [1.54, 1.807) is 36.4 Å². The molecule has 3 rings (SSSR count). The van der Waals surface area contributed by atoms with Gasteiger partial charge in [-0.1, -0.05) is 12.8 Å². The molecule has 1 heterocycles. The number of ether oxygens (including phenoxy) is 1. The topological polar surface area (TPSA) is 87.7 Å². The number of hydrogen-bond acceptors (Lipinski definition) is 4. The molecule has 2 N–H and O–H groups in total. The van der Waals surface area contributed by atoms with Gasteiger partial charge in [0.1, 0.15) is 5.75 Å². The molecule has 2 aromatic carbocycles. The highest BCUT2D eigenvalue weighted by atomic mass is 32.2. The Labute approximate surface area is 172 Å². The first-order valence-corrected chi connectivity index (χ1v) is 11.4. The molecule has 0 bridgehead atoms. The van der Waals surface area contributed by atoms with Gasteiger partial charge >= 0.3 is 6.03 Å². The zero-order chi connectivity index (χ0) is 20.7. The largest absolute Gasteiger partial charge is 0.494 e. The summed E-state index contributed by atoms with van der Waals surface area (Å²) < 4.78 is 33.1. The molecule has 0 spiro atoms. The maximum Gasteiger partial charge on any atom is 0.321 e. The third-order valence-electron chi connectivity index (χ3n) is 4.73. The van der Waals surface area contributed by atoms with Crippen molar-refractivity contribution in [3.05, 3.63) is 48.5 Å². The van der Waals surface area contributed by atoms with Crippen LogP contribution in [0.25, 0.3) is 0 Å². The first-order chi connectivity index (χ1) is 14.0. The normalized spacial score (nSPS) is 14.7. The van der Waals surface area contributed by atoms with Crippen molar-refractivity contribution in [2.45, 2.75) is 37.5 Å². The SMILES string of the molecule is CCOc1ccc(NS(=O)(=O)c2ccc(NC(=O)N3CCCCCC3)cc2)cc1. The number of nitrogens with zero attached hydrogens (tertiary/aromatic N) is 1. The number of amides is 2. The van der Waals surface area contributed by atoms with E-state index < -0.39 is 10.0 Å². The van der Waals surface area contributed by atoms with Crippen molar-refractivity contribution in [1.82, 2.24) is 4.90 Å². The van der Waals surface area contributed by atoms with E-state index in [9.17, 15) is 13.2 Å². The fraction of sp³-hybridized carbons (Fsp3) is 0.381. The van der Waals surface area contributed by atoms with E-state index in [1.807, 2.05) is 11.8 Å².